The molecule has 2 atom stereocenters. The lowest BCUT2D eigenvalue weighted by Gasteiger charge is -2.25. The molecule has 0 aliphatic carbocycles. The van der Waals surface area contributed by atoms with Crippen LogP contribution >= 0.6 is 0 Å². The predicted octanol–water partition coefficient (Wildman–Crippen LogP) is 1.15. The Labute approximate surface area is 119 Å². The number of carboxylic acids is 1. The molecule has 0 aromatic rings. The number of hydrogen-bond acceptors (Lipinski definition) is 3. The van der Waals surface area contributed by atoms with Crippen LogP contribution in [0.25, 0.3) is 0 Å². The molecule has 1 rings (SSSR count). The topological polar surface area (TPSA) is 86.7 Å². The van der Waals surface area contributed by atoms with Crippen molar-refractivity contribution in [2.75, 3.05) is 6.54 Å². The van der Waals surface area contributed by atoms with Crippen LogP contribution in [0.5, 0.6) is 0 Å². The van der Waals surface area contributed by atoms with Crippen molar-refractivity contribution in [3.63, 3.8) is 0 Å². The van der Waals surface area contributed by atoms with Crippen molar-refractivity contribution in [3.8, 4) is 0 Å². The molecule has 2 N–H and O–H groups in total. The maximum absolute atomic E-state index is 12.2. The average Bonchev–Trinajstić information content (AvgIpc) is 2.87. The van der Waals surface area contributed by atoms with Gasteiger partial charge in [0, 0.05) is 13.0 Å². The Kier molecular flexibility index (Phi) is 6.48. The number of likely N-dealkylation sites (tertiary alicyclic amines) is 1. The van der Waals surface area contributed by atoms with E-state index in [1.165, 1.54) is 4.90 Å². The number of carboxylic acid groups (broad SMARTS) is 1. The molecule has 2 amide bonds. The molecule has 0 unspecified atom stereocenters. The summed E-state index contributed by atoms with van der Waals surface area (Å²) < 4.78 is 0. The summed E-state index contributed by atoms with van der Waals surface area (Å²) in [5.74, 6) is -1.43. The number of unbranched alkanes of at least 4 members (excludes halogenated alkanes) is 2. The Balaban J connectivity index is 2.46. The summed E-state index contributed by atoms with van der Waals surface area (Å²) in [5.41, 5.74) is 0. The van der Waals surface area contributed by atoms with E-state index in [0.29, 0.717) is 25.8 Å². The lowest BCUT2D eigenvalue weighted by molar-refractivity contribution is -0.149. The van der Waals surface area contributed by atoms with Crippen LogP contribution < -0.4 is 5.32 Å². The van der Waals surface area contributed by atoms with E-state index in [0.717, 1.165) is 19.3 Å². The van der Waals surface area contributed by atoms with E-state index in [9.17, 15) is 14.4 Å². The highest BCUT2D eigenvalue weighted by molar-refractivity contribution is 5.90. The van der Waals surface area contributed by atoms with Gasteiger partial charge in [-0.3, -0.25) is 9.59 Å². The summed E-state index contributed by atoms with van der Waals surface area (Å²) in [6, 6.07) is -1.41. The maximum Gasteiger partial charge on any atom is 0.326 e. The van der Waals surface area contributed by atoms with Crippen LogP contribution in [0.4, 0.5) is 0 Å². The second-order valence-corrected chi connectivity index (χ2v) is 5.27. The Morgan fingerprint density at radius 2 is 2.05 bits per heavy atom. The Morgan fingerprint density at radius 1 is 1.35 bits per heavy atom. The zero-order valence-electron chi connectivity index (χ0n) is 12.2. The molecule has 0 bridgehead atoms. The number of carbonyl (C=O) groups is 3. The van der Waals surface area contributed by atoms with Gasteiger partial charge in [-0.2, -0.15) is 0 Å². The molecule has 1 aliphatic rings. The highest BCUT2D eigenvalue weighted by Gasteiger charge is 2.36. The van der Waals surface area contributed by atoms with Gasteiger partial charge in [-0.25, -0.2) is 4.79 Å². The third-order valence-corrected chi connectivity index (χ3v) is 3.58. The van der Waals surface area contributed by atoms with E-state index in [1.54, 1.807) is 6.92 Å². The van der Waals surface area contributed by atoms with Crippen LogP contribution in [0.2, 0.25) is 0 Å². The molecule has 0 aromatic heterocycles. The second-order valence-electron chi connectivity index (χ2n) is 5.27. The van der Waals surface area contributed by atoms with Gasteiger partial charge in [0.1, 0.15) is 12.1 Å². The normalized spacial score (nSPS) is 19.7. The van der Waals surface area contributed by atoms with E-state index in [-0.39, 0.29) is 11.8 Å². The molecule has 1 fully saturated rings. The zero-order chi connectivity index (χ0) is 15.1. The average molecular weight is 284 g/mol. The van der Waals surface area contributed by atoms with Gasteiger partial charge in [-0.1, -0.05) is 19.8 Å². The Bertz CT molecular complexity index is 370. The van der Waals surface area contributed by atoms with Crippen LogP contribution in [0, 0.1) is 0 Å². The smallest absolute Gasteiger partial charge is 0.326 e. The van der Waals surface area contributed by atoms with Gasteiger partial charge in [0.05, 0.1) is 0 Å². The zero-order valence-corrected chi connectivity index (χ0v) is 12.2. The van der Waals surface area contributed by atoms with Gasteiger partial charge in [0.2, 0.25) is 11.8 Å². The third-order valence-electron chi connectivity index (χ3n) is 3.58. The van der Waals surface area contributed by atoms with Crippen molar-refractivity contribution in [1.82, 2.24) is 10.2 Å². The van der Waals surface area contributed by atoms with E-state index in [4.69, 9.17) is 5.11 Å². The number of nitrogens with zero attached hydrogens (tertiary/aromatic N) is 1. The molecule has 1 saturated heterocycles. The fraction of sp³-hybridized carbons (Fsp3) is 0.786. The molecule has 0 radical (unpaired) electrons. The molecule has 6 heteroatoms. The van der Waals surface area contributed by atoms with Crippen LogP contribution in [-0.2, 0) is 14.4 Å². The monoisotopic (exact) mass is 284 g/mol. The summed E-state index contributed by atoms with van der Waals surface area (Å²) in [6.07, 6.45) is 4.43. The van der Waals surface area contributed by atoms with Gasteiger partial charge in [-0.15, -0.1) is 0 Å². The molecule has 20 heavy (non-hydrogen) atoms. The first kappa shape index (κ1) is 16.5. The van der Waals surface area contributed by atoms with Gasteiger partial charge in [0.25, 0.3) is 0 Å². The predicted molar refractivity (Wildman–Crippen MR) is 74.1 cm³/mol. The summed E-state index contributed by atoms with van der Waals surface area (Å²) in [5, 5.41) is 11.7. The lowest BCUT2D eigenvalue weighted by Crippen LogP contribution is -2.50. The lowest BCUT2D eigenvalue weighted by atomic mass is 10.2. The second kappa shape index (κ2) is 7.87. The van der Waals surface area contributed by atoms with Crippen molar-refractivity contribution in [2.45, 2.75) is 64.5 Å². The van der Waals surface area contributed by atoms with Crippen molar-refractivity contribution in [2.24, 2.45) is 0 Å². The van der Waals surface area contributed by atoms with E-state index in [2.05, 4.69) is 12.2 Å². The number of hydrogen-bond donors (Lipinski definition) is 2. The van der Waals surface area contributed by atoms with Crippen molar-refractivity contribution in [3.05, 3.63) is 0 Å². The molecule has 0 spiro atoms. The molecule has 1 heterocycles. The summed E-state index contributed by atoms with van der Waals surface area (Å²) in [4.78, 5) is 36.3. The summed E-state index contributed by atoms with van der Waals surface area (Å²) in [6.45, 7) is 4.12. The fourth-order valence-corrected chi connectivity index (χ4v) is 2.45. The van der Waals surface area contributed by atoms with E-state index >= 15 is 0 Å². The van der Waals surface area contributed by atoms with Crippen LogP contribution in [0.1, 0.15) is 52.4 Å². The van der Waals surface area contributed by atoms with Crippen molar-refractivity contribution < 1.29 is 19.5 Å². The van der Waals surface area contributed by atoms with Crippen molar-refractivity contribution >= 4 is 17.8 Å². The van der Waals surface area contributed by atoms with Gasteiger partial charge in [-0.05, 0) is 26.2 Å². The molecule has 6 nitrogen and oxygen atoms in total. The molecule has 114 valence electrons. The highest BCUT2D eigenvalue weighted by Crippen LogP contribution is 2.18. The van der Waals surface area contributed by atoms with E-state index in [1.807, 2.05) is 0 Å². The SMILES string of the molecule is CCCCCC(=O)N[C@@H](C)C(=O)N1CCC[C@H]1C(=O)O. The number of rotatable bonds is 7. The Morgan fingerprint density at radius 3 is 2.65 bits per heavy atom. The van der Waals surface area contributed by atoms with Crippen LogP contribution in [0.3, 0.4) is 0 Å². The van der Waals surface area contributed by atoms with Crippen molar-refractivity contribution in [1.29, 1.82) is 0 Å². The van der Waals surface area contributed by atoms with Gasteiger partial charge in [0.15, 0.2) is 0 Å². The van der Waals surface area contributed by atoms with Crippen LogP contribution in [-0.4, -0.2) is 46.4 Å². The third kappa shape index (κ3) is 4.51. The first-order valence-corrected chi connectivity index (χ1v) is 7.30. The minimum atomic E-state index is -0.975. The first-order valence-electron chi connectivity index (χ1n) is 7.30. The van der Waals surface area contributed by atoms with E-state index < -0.39 is 18.1 Å². The standard InChI is InChI=1S/C14H24N2O4/c1-3-4-5-8-12(17)15-10(2)13(18)16-9-6-7-11(16)14(19)20/h10-11H,3-9H2,1-2H3,(H,15,17)(H,19,20)/t10-,11-/m0/s1. The number of nitrogens with one attached hydrogen (secondary N) is 1. The number of aliphatic carboxylic acids is 1. The number of carbonyl (C=O) groups excluding carboxylic acids is 2. The number of amides is 2. The summed E-state index contributed by atoms with van der Waals surface area (Å²) >= 11 is 0. The van der Waals surface area contributed by atoms with Crippen LogP contribution in [0.15, 0.2) is 0 Å². The molecule has 1 aliphatic heterocycles. The highest BCUT2D eigenvalue weighted by atomic mass is 16.4. The fourth-order valence-electron chi connectivity index (χ4n) is 2.45. The quantitative estimate of drug-likeness (QED) is 0.686. The molecule has 0 aromatic carbocycles. The minimum absolute atomic E-state index is 0.148. The first-order chi connectivity index (χ1) is 9.47. The molecular formula is C14H24N2O4. The molecule has 0 saturated carbocycles. The van der Waals surface area contributed by atoms with Gasteiger partial charge < -0.3 is 15.3 Å². The Hall–Kier alpha value is -1.59. The minimum Gasteiger partial charge on any atom is -0.480 e. The summed E-state index contributed by atoms with van der Waals surface area (Å²) in [7, 11) is 0. The molecular weight excluding hydrogens is 260 g/mol. The largest absolute Gasteiger partial charge is 0.480 e. The maximum atomic E-state index is 12.2. The van der Waals surface area contributed by atoms with Gasteiger partial charge >= 0.3 is 5.97 Å².